The SMILES string of the molecule is Cc1nccc(CNC(=O)c2nnc(N)s2)n1. The third-order valence-electron chi connectivity index (χ3n) is 1.90. The Labute approximate surface area is 101 Å². The van der Waals surface area contributed by atoms with Crippen molar-refractivity contribution in [2.75, 3.05) is 5.73 Å². The van der Waals surface area contributed by atoms with Gasteiger partial charge in [-0.2, -0.15) is 0 Å². The summed E-state index contributed by atoms with van der Waals surface area (Å²) in [6.07, 6.45) is 1.65. The van der Waals surface area contributed by atoms with Crippen molar-refractivity contribution in [3.8, 4) is 0 Å². The Hall–Kier alpha value is -2.09. The maximum absolute atomic E-state index is 11.6. The molecule has 3 N–H and O–H groups in total. The van der Waals surface area contributed by atoms with E-state index in [9.17, 15) is 4.79 Å². The number of nitrogens with one attached hydrogen (secondary N) is 1. The largest absolute Gasteiger partial charge is 0.374 e. The van der Waals surface area contributed by atoms with E-state index in [-0.39, 0.29) is 16.0 Å². The summed E-state index contributed by atoms with van der Waals surface area (Å²) in [6, 6.07) is 1.74. The van der Waals surface area contributed by atoms with Crippen LogP contribution in [0, 0.1) is 6.92 Å². The van der Waals surface area contributed by atoms with E-state index in [1.165, 1.54) is 0 Å². The first-order valence-electron chi connectivity index (χ1n) is 4.81. The third-order valence-corrected chi connectivity index (χ3v) is 2.65. The number of aryl methyl sites for hydroxylation is 1. The summed E-state index contributed by atoms with van der Waals surface area (Å²) in [5, 5.41) is 10.4. The number of hydrogen-bond donors (Lipinski definition) is 2. The molecule has 0 aliphatic rings. The second-order valence-corrected chi connectivity index (χ2v) is 4.23. The number of carbonyl (C=O) groups is 1. The second kappa shape index (κ2) is 4.83. The summed E-state index contributed by atoms with van der Waals surface area (Å²) in [6.45, 7) is 2.11. The van der Waals surface area contributed by atoms with Crippen LogP contribution in [0.25, 0.3) is 0 Å². The van der Waals surface area contributed by atoms with Crippen LogP contribution in [0.3, 0.4) is 0 Å². The molecule has 0 saturated heterocycles. The van der Waals surface area contributed by atoms with Gasteiger partial charge < -0.3 is 11.1 Å². The minimum atomic E-state index is -0.310. The van der Waals surface area contributed by atoms with Crippen molar-refractivity contribution in [1.29, 1.82) is 0 Å². The average Bonchev–Trinajstić information content (AvgIpc) is 2.73. The van der Waals surface area contributed by atoms with E-state index < -0.39 is 0 Å². The Morgan fingerprint density at radius 1 is 1.53 bits per heavy atom. The molecule has 2 rings (SSSR count). The number of nitrogen functional groups attached to an aromatic ring is 1. The fourth-order valence-corrected chi connectivity index (χ4v) is 1.70. The van der Waals surface area contributed by atoms with Crippen LogP contribution in [-0.2, 0) is 6.54 Å². The predicted molar refractivity (Wildman–Crippen MR) is 62.3 cm³/mol. The lowest BCUT2D eigenvalue weighted by Crippen LogP contribution is -2.23. The van der Waals surface area contributed by atoms with Crippen molar-refractivity contribution in [3.05, 3.63) is 28.8 Å². The van der Waals surface area contributed by atoms with Crippen molar-refractivity contribution in [2.45, 2.75) is 13.5 Å². The number of aromatic nitrogens is 4. The minimum Gasteiger partial charge on any atom is -0.374 e. The lowest BCUT2D eigenvalue weighted by molar-refractivity contribution is 0.0949. The van der Waals surface area contributed by atoms with E-state index in [0.717, 1.165) is 17.0 Å². The van der Waals surface area contributed by atoms with Gasteiger partial charge >= 0.3 is 0 Å². The first-order chi connectivity index (χ1) is 8.15. The molecule has 2 heterocycles. The minimum absolute atomic E-state index is 0.244. The molecule has 2 aromatic rings. The zero-order chi connectivity index (χ0) is 12.3. The molecule has 0 fully saturated rings. The summed E-state index contributed by atoms with van der Waals surface area (Å²) in [5.74, 6) is 0.354. The van der Waals surface area contributed by atoms with Crippen molar-refractivity contribution in [2.24, 2.45) is 0 Å². The van der Waals surface area contributed by atoms with E-state index in [0.29, 0.717) is 12.4 Å². The van der Waals surface area contributed by atoms with Crippen LogP contribution < -0.4 is 11.1 Å². The Morgan fingerprint density at radius 3 is 3.00 bits per heavy atom. The van der Waals surface area contributed by atoms with Gasteiger partial charge in [0.2, 0.25) is 10.1 Å². The quantitative estimate of drug-likeness (QED) is 0.803. The Bertz CT molecular complexity index is 540. The normalized spacial score (nSPS) is 10.2. The fourth-order valence-electron chi connectivity index (χ4n) is 1.18. The predicted octanol–water partition coefficient (Wildman–Crippen LogP) is 0.149. The molecule has 0 bridgehead atoms. The number of amides is 1. The zero-order valence-electron chi connectivity index (χ0n) is 9.04. The number of nitrogens with zero attached hydrogens (tertiary/aromatic N) is 4. The molecule has 7 nitrogen and oxygen atoms in total. The van der Waals surface area contributed by atoms with Gasteiger partial charge in [-0.05, 0) is 13.0 Å². The smallest absolute Gasteiger partial charge is 0.282 e. The zero-order valence-corrected chi connectivity index (χ0v) is 9.86. The third kappa shape index (κ3) is 2.94. The molecule has 0 atom stereocenters. The number of carbonyl (C=O) groups excluding carboxylic acids is 1. The summed E-state index contributed by atoms with van der Waals surface area (Å²) in [5.41, 5.74) is 6.13. The van der Waals surface area contributed by atoms with Crippen molar-refractivity contribution >= 4 is 22.4 Å². The average molecular weight is 250 g/mol. The standard InChI is InChI=1S/C9H10N6OS/c1-5-11-3-2-6(13-5)4-12-7(16)8-14-15-9(10)17-8/h2-3H,4H2,1H3,(H2,10,15)(H,12,16). The van der Waals surface area contributed by atoms with Crippen LogP contribution in [-0.4, -0.2) is 26.1 Å². The molecule has 0 spiro atoms. The summed E-state index contributed by atoms with van der Waals surface area (Å²) < 4.78 is 0. The van der Waals surface area contributed by atoms with E-state index >= 15 is 0 Å². The van der Waals surface area contributed by atoms with Gasteiger partial charge in [-0.3, -0.25) is 4.79 Å². The van der Waals surface area contributed by atoms with Gasteiger partial charge in [-0.1, -0.05) is 11.3 Å². The maximum Gasteiger partial charge on any atom is 0.282 e. The summed E-state index contributed by atoms with van der Waals surface area (Å²) in [4.78, 5) is 19.7. The van der Waals surface area contributed by atoms with Gasteiger partial charge in [-0.25, -0.2) is 9.97 Å². The molecule has 0 radical (unpaired) electrons. The van der Waals surface area contributed by atoms with E-state index in [1.807, 2.05) is 0 Å². The van der Waals surface area contributed by atoms with E-state index in [2.05, 4.69) is 25.5 Å². The van der Waals surface area contributed by atoms with Crippen molar-refractivity contribution < 1.29 is 4.79 Å². The van der Waals surface area contributed by atoms with Gasteiger partial charge in [0.05, 0.1) is 12.2 Å². The molecule has 0 unspecified atom stereocenters. The molecular formula is C9H10N6OS. The highest BCUT2D eigenvalue weighted by molar-refractivity contribution is 7.16. The molecule has 0 aromatic carbocycles. The molecule has 17 heavy (non-hydrogen) atoms. The molecule has 0 aliphatic heterocycles. The Kier molecular flexibility index (Phi) is 3.24. The van der Waals surface area contributed by atoms with Gasteiger partial charge in [0.25, 0.3) is 5.91 Å². The fraction of sp³-hybridized carbons (Fsp3) is 0.222. The van der Waals surface area contributed by atoms with Gasteiger partial charge in [0, 0.05) is 6.20 Å². The van der Waals surface area contributed by atoms with E-state index in [1.54, 1.807) is 19.2 Å². The van der Waals surface area contributed by atoms with E-state index in [4.69, 9.17) is 5.73 Å². The Morgan fingerprint density at radius 2 is 2.35 bits per heavy atom. The molecule has 8 heteroatoms. The van der Waals surface area contributed by atoms with Crippen molar-refractivity contribution in [3.63, 3.8) is 0 Å². The second-order valence-electron chi connectivity index (χ2n) is 3.22. The number of anilines is 1. The van der Waals surface area contributed by atoms with Crippen LogP contribution in [0.1, 0.15) is 21.3 Å². The van der Waals surface area contributed by atoms with Crippen LogP contribution >= 0.6 is 11.3 Å². The molecule has 88 valence electrons. The first kappa shape index (κ1) is 11.4. The summed E-state index contributed by atoms with van der Waals surface area (Å²) >= 11 is 1.04. The number of rotatable bonds is 3. The highest BCUT2D eigenvalue weighted by Crippen LogP contribution is 2.10. The molecule has 2 aromatic heterocycles. The van der Waals surface area contributed by atoms with Crippen molar-refractivity contribution in [1.82, 2.24) is 25.5 Å². The van der Waals surface area contributed by atoms with Gasteiger partial charge in [0.15, 0.2) is 0 Å². The van der Waals surface area contributed by atoms with Crippen LogP contribution in [0.5, 0.6) is 0 Å². The van der Waals surface area contributed by atoms with Gasteiger partial charge in [0.1, 0.15) is 5.82 Å². The highest BCUT2D eigenvalue weighted by atomic mass is 32.1. The summed E-state index contributed by atoms with van der Waals surface area (Å²) in [7, 11) is 0. The number of nitrogens with two attached hydrogens (primary N) is 1. The van der Waals surface area contributed by atoms with Crippen LogP contribution in [0.2, 0.25) is 0 Å². The number of hydrogen-bond acceptors (Lipinski definition) is 7. The molecule has 0 aliphatic carbocycles. The monoisotopic (exact) mass is 250 g/mol. The van der Waals surface area contributed by atoms with Crippen LogP contribution in [0.15, 0.2) is 12.3 Å². The van der Waals surface area contributed by atoms with Gasteiger partial charge in [-0.15, -0.1) is 10.2 Å². The first-order valence-corrected chi connectivity index (χ1v) is 5.62. The Balaban J connectivity index is 1.97. The topological polar surface area (TPSA) is 107 Å². The lowest BCUT2D eigenvalue weighted by atomic mass is 10.4. The molecule has 1 amide bonds. The maximum atomic E-state index is 11.6. The highest BCUT2D eigenvalue weighted by Gasteiger charge is 2.11. The molecular weight excluding hydrogens is 240 g/mol. The lowest BCUT2D eigenvalue weighted by Gasteiger charge is -2.02. The van der Waals surface area contributed by atoms with Crippen LogP contribution in [0.4, 0.5) is 5.13 Å². The molecule has 0 saturated carbocycles.